The van der Waals surface area contributed by atoms with Gasteiger partial charge < -0.3 is 5.11 Å². The number of Topliss-reactive ketones (excluding diaryl/α,β-unsaturated/α-hetero) is 1. The molecule has 4 rings (SSSR count). The van der Waals surface area contributed by atoms with Gasteiger partial charge in [-0.05, 0) is 85.3 Å². The van der Waals surface area contributed by atoms with Gasteiger partial charge in [-0.3, -0.25) is 9.59 Å². The summed E-state index contributed by atoms with van der Waals surface area (Å²) in [5.41, 5.74) is 1.67. The molecule has 4 aliphatic carbocycles. The van der Waals surface area contributed by atoms with E-state index in [4.69, 9.17) is 2.74 Å². The van der Waals surface area contributed by atoms with E-state index in [2.05, 4.69) is 26.8 Å². The summed E-state index contributed by atoms with van der Waals surface area (Å²) < 4.78 is 25.5. The molecule has 9 atom stereocenters. The van der Waals surface area contributed by atoms with Crippen LogP contribution in [0, 0.1) is 46.3 Å². The minimum absolute atomic E-state index is 0.107. The third kappa shape index (κ3) is 3.58. The lowest BCUT2D eigenvalue weighted by atomic mass is 9.47. The van der Waals surface area contributed by atoms with Crippen LogP contribution in [0.25, 0.3) is 0 Å². The van der Waals surface area contributed by atoms with Crippen molar-refractivity contribution in [2.24, 2.45) is 46.3 Å². The first-order valence-electron chi connectivity index (χ1n) is 13.7. The molecule has 3 nitrogen and oxygen atoms in total. The third-order valence-electron chi connectivity index (χ3n) is 9.78. The normalized spacial score (nSPS) is 48.5. The lowest BCUT2D eigenvalue weighted by Crippen LogP contribution is -2.49. The van der Waals surface area contributed by atoms with E-state index in [1.807, 2.05) is 0 Å². The van der Waals surface area contributed by atoms with Crippen molar-refractivity contribution in [3.63, 3.8) is 0 Å². The molecule has 3 saturated carbocycles. The van der Waals surface area contributed by atoms with Crippen molar-refractivity contribution in [2.75, 3.05) is 0 Å². The largest absolute Gasteiger partial charge is 0.481 e. The number of hydrogen-bond donors (Lipinski definition) is 1. The van der Waals surface area contributed by atoms with Crippen LogP contribution < -0.4 is 0 Å². The molecule has 0 spiro atoms. The summed E-state index contributed by atoms with van der Waals surface area (Å²) in [7, 11) is 0. The van der Waals surface area contributed by atoms with Gasteiger partial charge in [0.05, 0.1) is 5.89 Å². The Morgan fingerprint density at radius 2 is 2.00 bits per heavy atom. The first kappa shape index (κ1) is 18.5. The Labute approximate surface area is 187 Å². The van der Waals surface area contributed by atoms with Crippen LogP contribution in [0.5, 0.6) is 0 Å². The van der Waals surface area contributed by atoms with Crippen LogP contribution in [0.3, 0.4) is 0 Å². The van der Waals surface area contributed by atoms with E-state index in [1.165, 1.54) is 13.3 Å². The van der Waals surface area contributed by atoms with Gasteiger partial charge in [0.15, 0.2) is 0 Å². The second-order valence-electron chi connectivity index (χ2n) is 11.2. The van der Waals surface area contributed by atoms with E-state index < -0.39 is 24.2 Å². The highest BCUT2D eigenvalue weighted by Gasteiger charge is 2.58. The molecule has 30 heavy (non-hydrogen) atoms. The van der Waals surface area contributed by atoms with E-state index in [9.17, 15) is 16.1 Å². The summed E-state index contributed by atoms with van der Waals surface area (Å²) in [5, 5.41) is 9.28. The van der Waals surface area contributed by atoms with Gasteiger partial charge in [0.1, 0.15) is 5.78 Å². The van der Waals surface area contributed by atoms with E-state index >= 15 is 0 Å². The number of rotatable bonds is 6. The molecule has 4 aliphatic rings. The number of carbonyl (C=O) groups excluding carboxylic acids is 1. The summed E-state index contributed by atoms with van der Waals surface area (Å²) in [6, 6.07) is 0. The molecule has 3 fully saturated rings. The molecule has 0 saturated heterocycles. The Morgan fingerprint density at radius 3 is 2.73 bits per heavy atom. The summed E-state index contributed by atoms with van der Waals surface area (Å²) in [4.78, 5) is 23.5. The van der Waals surface area contributed by atoms with Crippen LogP contribution in [0.15, 0.2) is 11.6 Å². The van der Waals surface area contributed by atoms with Crippen LogP contribution in [-0.4, -0.2) is 16.9 Å². The van der Waals surface area contributed by atoms with Gasteiger partial charge in [-0.25, -0.2) is 0 Å². The molecule has 0 aromatic rings. The summed E-state index contributed by atoms with van der Waals surface area (Å²) >= 11 is 0. The number of fused-ring (bicyclic) bond motifs is 5. The molecule has 0 radical (unpaired) electrons. The Morgan fingerprint density at radius 1 is 1.27 bits per heavy atom. The fourth-order valence-electron chi connectivity index (χ4n) is 7.86. The molecule has 3 heteroatoms. The van der Waals surface area contributed by atoms with Gasteiger partial charge >= 0.3 is 5.97 Å². The number of aliphatic carboxylic acids is 1. The number of carboxylic acids is 1. The van der Waals surface area contributed by atoms with Crippen molar-refractivity contribution in [1.29, 1.82) is 0 Å². The van der Waals surface area contributed by atoms with Crippen LogP contribution in [0.1, 0.15) is 102 Å². The van der Waals surface area contributed by atoms with Crippen LogP contribution in [0.2, 0.25) is 0 Å². The zero-order chi connectivity index (χ0) is 24.4. The van der Waals surface area contributed by atoms with Crippen LogP contribution in [0.4, 0.5) is 0 Å². The minimum atomic E-state index is -1.76. The molecular formula is C27H42O3. The summed E-state index contributed by atoms with van der Waals surface area (Å²) in [6.07, 6.45) is 9.83. The van der Waals surface area contributed by atoms with E-state index in [0.717, 1.165) is 32.1 Å². The van der Waals surface area contributed by atoms with Gasteiger partial charge in [-0.1, -0.05) is 52.2 Å². The molecule has 0 aromatic heterocycles. The maximum atomic E-state index is 12.2. The highest BCUT2D eigenvalue weighted by Crippen LogP contribution is 2.66. The average Bonchev–Trinajstić information content (AvgIpc) is 3.09. The highest BCUT2D eigenvalue weighted by atomic mass is 16.4. The maximum absolute atomic E-state index is 12.2. The molecule has 0 heterocycles. The second kappa shape index (κ2) is 8.10. The number of carboxylic acid groups (broad SMARTS) is 1. The monoisotopic (exact) mass is 417 g/mol. The van der Waals surface area contributed by atoms with Crippen LogP contribution in [-0.2, 0) is 9.59 Å². The van der Waals surface area contributed by atoms with E-state index in [1.54, 1.807) is 5.57 Å². The maximum Gasteiger partial charge on any atom is 0.306 e. The fraction of sp³-hybridized carbons (Fsp3) is 0.852. The zero-order valence-corrected chi connectivity index (χ0v) is 19.3. The molecule has 0 amide bonds. The molecule has 1 unspecified atom stereocenters. The van der Waals surface area contributed by atoms with Crippen molar-refractivity contribution < 1.29 is 18.8 Å². The van der Waals surface area contributed by atoms with Gasteiger partial charge in [-0.15, -0.1) is 0 Å². The number of carbonyl (C=O) groups is 2. The molecule has 168 valence electrons. The first-order valence-corrected chi connectivity index (χ1v) is 12.1. The second-order valence-corrected chi connectivity index (χ2v) is 11.2. The SMILES string of the molecule is [2H]C(CC[C@@H](C)[C@H]1CC[C@H]2C3=CC[C@@]4([2H])CC(=O)CC[C@]4(C)[C@H]3CC[C@]12C)[C@]([2H])(C)C(=O)O. The smallest absolute Gasteiger partial charge is 0.306 e. The zero-order valence-electron chi connectivity index (χ0n) is 22.3. The predicted octanol–water partition coefficient (Wildman–Crippen LogP) is 6.66. The van der Waals surface area contributed by atoms with Crippen molar-refractivity contribution in [1.82, 2.24) is 0 Å². The quantitative estimate of drug-likeness (QED) is 0.491. The van der Waals surface area contributed by atoms with Crippen molar-refractivity contribution in [3.8, 4) is 0 Å². The topological polar surface area (TPSA) is 54.4 Å². The molecule has 1 N–H and O–H groups in total. The highest BCUT2D eigenvalue weighted by molar-refractivity contribution is 5.79. The fourth-order valence-corrected chi connectivity index (χ4v) is 7.86. The predicted molar refractivity (Wildman–Crippen MR) is 120 cm³/mol. The number of hydrogen-bond acceptors (Lipinski definition) is 2. The Kier molecular flexibility index (Phi) is 4.98. The van der Waals surface area contributed by atoms with Gasteiger partial charge in [0, 0.05) is 17.0 Å². The summed E-state index contributed by atoms with van der Waals surface area (Å²) in [5.74, 6) is -1.46. The lowest BCUT2D eigenvalue weighted by Gasteiger charge is -2.57. The van der Waals surface area contributed by atoms with Crippen molar-refractivity contribution in [2.45, 2.75) is 98.3 Å². The van der Waals surface area contributed by atoms with Crippen molar-refractivity contribution >= 4 is 11.8 Å². The molecular weight excluding hydrogens is 372 g/mol. The van der Waals surface area contributed by atoms with Gasteiger partial charge in [-0.2, -0.15) is 0 Å². The van der Waals surface area contributed by atoms with E-state index in [0.29, 0.717) is 49.4 Å². The Bertz CT molecular complexity index is 854. The Balaban J connectivity index is 1.50. The Hall–Kier alpha value is -1.12. The number of allylic oxidation sites excluding steroid dienone is 2. The first-order chi connectivity index (χ1) is 15.3. The summed E-state index contributed by atoms with van der Waals surface area (Å²) in [6.45, 7) is 8.34. The minimum Gasteiger partial charge on any atom is -0.481 e. The van der Waals surface area contributed by atoms with E-state index in [-0.39, 0.29) is 16.6 Å². The number of ketones is 1. The van der Waals surface area contributed by atoms with Crippen molar-refractivity contribution in [3.05, 3.63) is 11.6 Å². The van der Waals surface area contributed by atoms with Gasteiger partial charge in [0.25, 0.3) is 0 Å². The molecule has 0 aliphatic heterocycles. The molecule has 0 aromatic carbocycles. The van der Waals surface area contributed by atoms with Gasteiger partial charge in [0.2, 0.25) is 0 Å². The third-order valence-corrected chi connectivity index (χ3v) is 9.78. The standard InChI is InChI=1S/C27H42O3/c1-17(6-5-7-18(2)25(29)30)22-10-11-23-21-9-8-19-16-20(28)12-14-26(19,3)24(21)13-15-27(22,23)4/h9,17-19,22-24H,5-8,10-16H2,1-4H3,(H,29,30)/t17-,18+,19+,22-,23+,24+,26+,27-/m1/s1/i7D,18D,19D/t7?,17-,18+,19+,22-,23+,24+,26+,27-. The lowest BCUT2D eigenvalue weighted by molar-refractivity contribution is -0.141. The molecule has 0 bridgehead atoms. The van der Waals surface area contributed by atoms with Crippen LogP contribution >= 0.6 is 0 Å². The average molecular weight is 418 g/mol.